The Bertz CT molecular complexity index is 986. The van der Waals surface area contributed by atoms with Crippen LogP contribution in [0.1, 0.15) is 31.7 Å². The number of nitrogens with one attached hydrogen (secondary N) is 1. The fourth-order valence-corrected chi connectivity index (χ4v) is 6.01. The molecular formula is C24H33FN6S. The van der Waals surface area contributed by atoms with Crippen LogP contribution in [-0.2, 0) is 0 Å². The van der Waals surface area contributed by atoms with E-state index in [1.54, 1.807) is 23.9 Å². The Hall–Kier alpha value is -1.90. The first-order valence-corrected chi connectivity index (χ1v) is 13.0. The summed E-state index contributed by atoms with van der Waals surface area (Å²) in [6, 6.07) is 5.46. The molecule has 0 amide bonds. The van der Waals surface area contributed by atoms with E-state index < -0.39 is 0 Å². The summed E-state index contributed by atoms with van der Waals surface area (Å²) in [6.07, 6.45) is 11.1. The van der Waals surface area contributed by atoms with Gasteiger partial charge < -0.3 is 14.9 Å². The summed E-state index contributed by atoms with van der Waals surface area (Å²) in [6.45, 7) is 7.75. The highest BCUT2D eigenvalue weighted by atomic mass is 32.2. The first-order valence-electron chi connectivity index (χ1n) is 11.8. The molecule has 0 spiro atoms. The van der Waals surface area contributed by atoms with E-state index in [9.17, 15) is 4.39 Å². The van der Waals surface area contributed by atoms with Crippen LogP contribution in [0.3, 0.4) is 0 Å². The molecule has 0 radical (unpaired) electrons. The Kier molecular flexibility index (Phi) is 6.80. The predicted molar refractivity (Wildman–Crippen MR) is 130 cm³/mol. The van der Waals surface area contributed by atoms with Crippen LogP contribution in [0.5, 0.6) is 0 Å². The van der Waals surface area contributed by atoms with Gasteiger partial charge in [-0.05, 0) is 68.7 Å². The van der Waals surface area contributed by atoms with Crippen molar-refractivity contribution in [2.24, 2.45) is 11.0 Å². The number of piperidine rings is 2. The minimum Gasteiger partial charge on any atom is -0.316 e. The maximum Gasteiger partial charge on any atom is 0.169 e. The molecule has 172 valence electrons. The van der Waals surface area contributed by atoms with Gasteiger partial charge in [-0.2, -0.15) is 5.10 Å². The van der Waals surface area contributed by atoms with Crippen LogP contribution in [0.15, 0.2) is 40.1 Å². The van der Waals surface area contributed by atoms with Crippen LogP contribution in [0.25, 0.3) is 11.0 Å². The molecule has 6 nitrogen and oxygen atoms in total. The Labute approximate surface area is 193 Å². The van der Waals surface area contributed by atoms with Gasteiger partial charge in [0.05, 0.1) is 23.8 Å². The zero-order valence-electron chi connectivity index (χ0n) is 18.8. The van der Waals surface area contributed by atoms with E-state index in [0.717, 1.165) is 61.1 Å². The van der Waals surface area contributed by atoms with E-state index in [1.165, 1.54) is 38.0 Å². The number of fused-ring (bicyclic) bond motifs is 1. The minimum atomic E-state index is -0.212. The van der Waals surface area contributed by atoms with Gasteiger partial charge in [0.2, 0.25) is 0 Å². The predicted octanol–water partition coefficient (Wildman–Crippen LogP) is 3.76. The van der Waals surface area contributed by atoms with Crippen LogP contribution in [0, 0.1) is 11.7 Å². The van der Waals surface area contributed by atoms with E-state index >= 15 is 0 Å². The van der Waals surface area contributed by atoms with Crippen LogP contribution < -0.4 is 5.43 Å². The van der Waals surface area contributed by atoms with Crippen LogP contribution in [0.4, 0.5) is 4.39 Å². The lowest BCUT2D eigenvalue weighted by Gasteiger charge is -2.38. The van der Waals surface area contributed by atoms with Gasteiger partial charge in [-0.15, -0.1) is 0 Å². The lowest BCUT2D eigenvalue weighted by molar-refractivity contribution is 0.122. The van der Waals surface area contributed by atoms with Crippen LogP contribution in [-0.4, -0.2) is 77.6 Å². The molecule has 2 aromatic rings. The van der Waals surface area contributed by atoms with Crippen molar-refractivity contribution in [3.8, 4) is 0 Å². The first kappa shape index (κ1) is 21.9. The van der Waals surface area contributed by atoms with Crippen molar-refractivity contribution in [3.05, 3.63) is 35.7 Å². The van der Waals surface area contributed by atoms with Gasteiger partial charge in [-0.1, -0.05) is 17.8 Å². The lowest BCUT2D eigenvalue weighted by Crippen LogP contribution is -2.42. The SMILES string of the molecule is CSc1nc2cc(F)ccc2n1C1CCN(CC2CCN(CC3=CCNN=C3)CC2)CC1. The summed E-state index contributed by atoms with van der Waals surface area (Å²) >= 11 is 1.66. The Morgan fingerprint density at radius 3 is 2.59 bits per heavy atom. The summed E-state index contributed by atoms with van der Waals surface area (Å²) in [7, 11) is 0. The third kappa shape index (κ3) is 4.87. The highest BCUT2D eigenvalue weighted by molar-refractivity contribution is 7.98. The average molecular weight is 457 g/mol. The van der Waals surface area contributed by atoms with E-state index in [2.05, 4.69) is 42.2 Å². The van der Waals surface area contributed by atoms with Gasteiger partial charge in [0.1, 0.15) is 5.82 Å². The highest BCUT2D eigenvalue weighted by Crippen LogP contribution is 2.33. The second-order valence-electron chi connectivity index (χ2n) is 9.25. The fourth-order valence-electron chi connectivity index (χ4n) is 5.37. The van der Waals surface area contributed by atoms with Crippen molar-refractivity contribution in [2.75, 3.05) is 52.1 Å². The average Bonchev–Trinajstić information content (AvgIpc) is 3.19. The summed E-state index contributed by atoms with van der Waals surface area (Å²) in [5, 5.41) is 5.18. The van der Waals surface area contributed by atoms with Gasteiger partial charge in [0.15, 0.2) is 5.16 Å². The molecule has 32 heavy (non-hydrogen) atoms. The number of hydrogen-bond donors (Lipinski definition) is 1. The number of rotatable bonds is 6. The summed E-state index contributed by atoms with van der Waals surface area (Å²) in [4.78, 5) is 9.92. The van der Waals surface area contributed by atoms with Gasteiger partial charge in [-0.3, -0.25) is 4.90 Å². The topological polar surface area (TPSA) is 48.7 Å². The number of benzene rings is 1. The molecule has 3 aliphatic heterocycles. The molecule has 0 unspecified atom stereocenters. The zero-order chi connectivity index (χ0) is 21.9. The standard InChI is InChI=1S/C24H33FN6S/c1-32-24-28-22-14-20(25)2-3-23(22)31(24)21-7-12-30(13-8-21)16-18-5-10-29(11-6-18)17-19-4-9-26-27-15-19/h2-4,14-15,18,21,26H,5-13,16-17H2,1H3. The van der Waals surface area contributed by atoms with Gasteiger partial charge >= 0.3 is 0 Å². The Morgan fingerprint density at radius 1 is 1.09 bits per heavy atom. The molecule has 2 saturated heterocycles. The van der Waals surface area contributed by atoms with E-state index in [1.807, 2.05) is 12.3 Å². The van der Waals surface area contributed by atoms with E-state index in [0.29, 0.717) is 6.04 Å². The lowest BCUT2D eigenvalue weighted by atomic mass is 9.94. The molecule has 0 saturated carbocycles. The van der Waals surface area contributed by atoms with Crippen molar-refractivity contribution >= 4 is 29.0 Å². The van der Waals surface area contributed by atoms with Crippen molar-refractivity contribution < 1.29 is 4.39 Å². The van der Waals surface area contributed by atoms with Gasteiger partial charge in [0, 0.05) is 38.3 Å². The number of nitrogens with zero attached hydrogens (tertiary/aromatic N) is 5. The molecular weight excluding hydrogens is 423 g/mol. The van der Waals surface area contributed by atoms with Crippen molar-refractivity contribution in [2.45, 2.75) is 36.9 Å². The molecule has 0 atom stereocenters. The third-order valence-corrected chi connectivity index (χ3v) is 7.78. The van der Waals surface area contributed by atoms with Gasteiger partial charge in [-0.25, -0.2) is 9.37 Å². The molecule has 4 heterocycles. The number of imidazole rings is 1. The highest BCUT2D eigenvalue weighted by Gasteiger charge is 2.27. The first-order chi connectivity index (χ1) is 15.7. The molecule has 2 fully saturated rings. The second kappa shape index (κ2) is 9.93. The Morgan fingerprint density at radius 2 is 1.88 bits per heavy atom. The summed E-state index contributed by atoms with van der Waals surface area (Å²) < 4.78 is 16.0. The number of hydrogen-bond acceptors (Lipinski definition) is 6. The minimum absolute atomic E-state index is 0.212. The van der Waals surface area contributed by atoms with E-state index in [-0.39, 0.29) is 5.82 Å². The number of aromatic nitrogens is 2. The quantitative estimate of drug-likeness (QED) is 0.671. The largest absolute Gasteiger partial charge is 0.316 e. The van der Waals surface area contributed by atoms with Crippen molar-refractivity contribution in [1.29, 1.82) is 0 Å². The normalized spacial score (nSPS) is 21.8. The molecule has 1 aromatic heterocycles. The number of halogens is 1. The molecule has 5 rings (SSSR count). The molecule has 3 aliphatic rings. The van der Waals surface area contributed by atoms with E-state index in [4.69, 9.17) is 0 Å². The second-order valence-corrected chi connectivity index (χ2v) is 10.0. The molecule has 1 aromatic carbocycles. The fraction of sp³-hybridized carbons (Fsp3) is 0.583. The summed E-state index contributed by atoms with van der Waals surface area (Å²) in [5.74, 6) is 0.591. The number of hydrazone groups is 1. The maximum atomic E-state index is 13.7. The van der Waals surface area contributed by atoms with Gasteiger partial charge in [0.25, 0.3) is 0 Å². The van der Waals surface area contributed by atoms with Crippen LogP contribution in [0.2, 0.25) is 0 Å². The third-order valence-electron chi connectivity index (χ3n) is 7.13. The monoisotopic (exact) mass is 456 g/mol. The Balaban J connectivity index is 1.12. The molecule has 0 aliphatic carbocycles. The zero-order valence-corrected chi connectivity index (χ0v) is 19.7. The molecule has 8 heteroatoms. The molecule has 1 N–H and O–H groups in total. The number of likely N-dealkylation sites (tertiary alicyclic amines) is 2. The van der Waals surface area contributed by atoms with Crippen molar-refractivity contribution in [3.63, 3.8) is 0 Å². The summed E-state index contributed by atoms with van der Waals surface area (Å²) in [5.41, 5.74) is 6.16. The smallest absolute Gasteiger partial charge is 0.169 e. The number of thioether (sulfide) groups is 1. The molecule has 0 bridgehead atoms. The van der Waals surface area contributed by atoms with Crippen LogP contribution >= 0.6 is 11.8 Å². The maximum absolute atomic E-state index is 13.7. The van der Waals surface area contributed by atoms with Crippen molar-refractivity contribution in [1.82, 2.24) is 24.8 Å².